The van der Waals surface area contributed by atoms with Gasteiger partial charge in [-0.1, -0.05) is 48.0 Å². The van der Waals surface area contributed by atoms with Crippen molar-refractivity contribution in [3.05, 3.63) is 70.6 Å². The van der Waals surface area contributed by atoms with E-state index in [4.69, 9.17) is 5.26 Å². The lowest BCUT2D eigenvalue weighted by atomic mass is 10.0. The summed E-state index contributed by atoms with van der Waals surface area (Å²) in [6.07, 6.45) is 0.597. The van der Waals surface area contributed by atoms with E-state index in [9.17, 15) is 9.59 Å². The van der Waals surface area contributed by atoms with Gasteiger partial charge in [0.05, 0.1) is 12.5 Å². The molecule has 1 unspecified atom stereocenters. The number of amides is 3. The molecule has 3 amide bonds. The zero-order valence-corrected chi connectivity index (χ0v) is 17.6. The molecule has 0 saturated carbocycles. The quantitative estimate of drug-likeness (QED) is 0.486. The van der Waals surface area contributed by atoms with Crippen LogP contribution in [0.5, 0.6) is 0 Å². The lowest BCUT2D eigenvalue weighted by Crippen LogP contribution is -2.51. The number of rotatable bonds is 8. The Morgan fingerprint density at radius 1 is 1.13 bits per heavy atom. The van der Waals surface area contributed by atoms with E-state index in [1.54, 1.807) is 11.3 Å². The predicted molar refractivity (Wildman–Crippen MR) is 119 cm³/mol. The fourth-order valence-electron chi connectivity index (χ4n) is 3.20. The van der Waals surface area contributed by atoms with E-state index < -0.39 is 12.1 Å². The number of nitrogens with zero attached hydrogens (tertiary/aromatic N) is 1. The number of benzene rings is 2. The minimum atomic E-state index is -0.737. The van der Waals surface area contributed by atoms with Crippen molar-refractivity contribution in [2.45, 2.75) is 32.4 Å². The van der Waals surface area contributed by atoms with Gasteiger partial charge in [0.15, 0.2) is 0 Å². The molecule has 3 N–H and O–H groups in total. The summed E-state index contributed by atoms with van der Waals surface area (Å²) in [5, 5.41) is 20.1. The van der Waals surface area contributed by atoms with Crippen molar-refractivity contribution in [3.8, 4) is 6.07 Å². The first-order chi connectivity index (χ1) is 14.6. The van der Waals surface area contributed by atoms with Crippen LogP contribution in [-0.4, -0.2) is 24.5 Å². The lowest BCUT2D eigenvalue weighted by molar-refractivity contribution is -0.122. The van der Waals surface area contributed by atoms with Crippen molar-refractivity contribution in [2.24, 2.45) is 0 Å². The molecule has 154 valence electrons. The molecule has 0 bridgehead atoms. The van der Waals surface area contributed by atoms with Crippen LogP contribution < -0.4 is 16.0 Å². The topological polar surface area (TPSA) is 94.0 Å². The van der Waals surface area contributed by atoms with Gasteiger partial charge >= 0.3 is 6.03 Å². The molecule has 7 heteroatoms. The first-order valence-electron chi connectivity index (χ1n) is 9.76. The van der Waals surface area contributed by atoms with Crippen LogP contribution in [0.25, 0.3) is 10.1 Å². The van der Waals surface area contributed by atoms with E-state index in [0.717, 1.165) is 26.8 Å². The van der Waals surface area contributed by atoms with Gasteiger partial charge in [0, 0.05) is 24.2 Å². The molecule has 0 aliphatic rings. The number of fused-ring (bicyclic) bond motifs is 1. The molecule has 1 atom stereocenters. The number of hydrogen-bond acceptors (Lipinski definition) is 4. The summed E-state index contributed by atoms with van der Waals surface area (Å²) in [7, 11) is 0. The molecule has 1 aromatic heterocycles. The van der Waals surface area contributed by atoms with Gasteiger partial charge in [-0.05, 0) is 34.9 Å². The summed E-state index contributed by atoms with van der Waals surface area (Å²) in [6.45, 7) is 2.62. The van der Waals surface area contributed by atoms with Crippen LogP contribution in [-0.2, 0) is 17.8 Å². The Bertz CT molecular complexity index is 1070. The molecule has 0 radical (unpaired) electrons. The number of carbonyl (C=O) groups is 2. The van der Waals surface area contributed by atoms with Gasteiger partial charge < -0.3 is 16.0 Å². The Balaban J connectivity index is 1.68. The molecule has 0 saturated heterocycles. The fraction of sp³-hybridized carbons (Fsp3) is 0.261. The highest BCUT2D eigenvalue weighted by Crippen LogP contribution is 2.26. The summed E-state index contributed by atoms with van der Waals surface area (Å²) in [6, 6.07) is 16.7. The SMILES string of the molecule is Cc1cccc(CNC(=O)NC(Cc2csc3ccccc23)C(=O)NCCC#N)c1. The maximum atomic E-state index is 12.7. The highest BCUT2D eigenvalue weighted by molar-refractivity contribution is 7.17. The summed E-state index contributed by atoms with van der Waals surface area (Å²) in [4.78, 5) is 25.2. The molecule has 0 aliphatic carbocycles. The van der Waals surface area contributed by atoms with Gasteiger partial charge in [-0.2, -0.15) is 5.26 Å². The zero-order chi connectivity index (χ0) is 21.3. The Labute approximate surface area is 179 Å². The number of hydrogen-bond donors (Lipinski definition) is 3. The third-order valence-corrected chi connectivity index (χ3v) is 5.69. The maximum absolute atomic E-state index is 12.7. The third kappa shape index (κ3) is 5.82. The van der Waals surface area contributed by atoms with E-state index in [1.165, 1.54) is 0 Å². The summed E-state index contributed by atoms with van der Waals surface area (Å²) in [5.41, 5.74) is 3.12. The largest absolute Gasteiger partial charge is 0.353 e. The summed E-state index contributed by atoms with van der Waals surface area (Å²) < 4.78 is 1.14. The van der Waals surface area contributed by atoms with E-state index in [0.29, 0.717) is 13.0 Å². The van der Waals surface area contributed by atoms with Gasteiger partial charge in [0.2, 0.25) is 5.91 Å². The summed E-state index contributed by atoms with van der Waals surface area (Å²) >= 11 is 1.61. The van der Waals surface area contributed by atoms with Crippen molar-refractivity contribution < 1.29 is 9.59 Å². The van der Waals surface area contributed by atoms with Crippen molar-refractivity contribution >= 4 is 33.4 Å². The number of aryl methyl sites for hydroxylation is 1. The van der Waals surface area contributed by atoms with Crippen molar-refractivity contribution in [1.82, 2.24) is 16.0 Å². The van der Waals surface area contributed by atoms with Gasteiger partial charge in [-0.3, -0.25) is 4.79 Å². The second-order valence-corrected chi connectivity index (χ2v) is 7.94. The minimum Gasteiger partial charge on any atom is -0.353 e. The highest BCUT2D eigenvalue weighted by atomic mass is 32.1. The fourth-order valence-corrected chi connectivity index (χ4v) is 4.17. The Hall–Kier alpha value is -3.37. The average Bonchev–Trinajstić information content (AvgIpc) is 3.15. The number of carbonyl (C=O) groups excluding carboxylic acids is 2. The van der Waals surface area contributed by atoms with Gasteiger partial charge in [0.1, 0.15) is 6.04 Å². The van der Waals surface area contributed by atoms with E-state index in [2.05, 4.69) is 16.0 Å². The average molecular weight is 421 g/mol. The first kappa shape index (κ1) is 21.3. The number of urea groups is 1. The van der Waals surface area contributed by atoms with Gasteiger partial charge in [0.25, 0.3) is 0 Å². The molecular formula is C23H24N4O2S. The molecule has 1 heterocycles. The molecule has 0 spiro atoms. The van der Waals surface area contributed by atoms with Crippen LogP contribution in [0.3, 0.4) is 0 Å². The Morgan fingerprint density at radius 3 is 2.77 bits per heavy atom. The smallest absolute Gasteiger partial charge is 0.315 e. The molecule has 3 rings (SSSR count). The third-order valence-electron chi connectivity index (χ3n) is 4.68. The standard InChI is InChI=1S/C23H24N4O2S/c1-16-6-4-7-17(12-16)14-26-23(29)27-20(22(28)25-11-5-10-24)13-18-15-30-21-9-3-2-8-19(18)21/h2-4,6-9,12,15,20H,5,11,13-14H2,1H3,(H,25,28)(H2,26,27,29). The predicted octanol–water partition coefficient (Wildman–Crippen LogP) is 3.65. The summed E-state index contributed by atoms with van der Waals surface area (Å²) in [5.74, 6) is -0.300. The molecular weight excluding hydrogens is 396 g/mol. The monoisotopic (exact) mass is 420 g/mol. The van der Waals surface area contributed by atoms with Crippen LogP contribution in [0.1, 0.15) is 23.1 Å². The Kier molecular flexibility index (Phi) is 7.41. The number of thiophene rings is 1. The first-order valence-corrected chi connectivity index (χ1v) is 10.6. The molecule has 3 aromatic rings. The number of nitriles is 1. The normalized spacial score (nSPS) is 11.5. The van der Waals surface area contributed by atoms with Crippen molar-refractivity contribution in [2.75, 3.05) is 6.54 Å². The zero-order valence-electron chi connectivity index (χ0n) is 16.8. The van der Waals surface area contributed by atoms with Crippen molar-refractivity contribution in [3.63, 3.8) is 0 Å². The van der Waals surface area contributed by atoms with Crippen LogP contribution in [0.15, 0.2) is 53.9 Å². The lowest BCUT2D eigenvalue weighted by Gasteiger charge is -2.18. The van der Waals surface area contributed by atoms with Crippen LogP contribution in [0.4, 0.5) is 4.79 Å². The second-order valence-electron chi connectivity index (χ2n) is 7.03. The highest BCUT2D eigenvalue weighted by Gasteiger charge is 2.22. The van der Waals surface area contributed by atoms with E-state index >= 15 is 0 Å². The van der Waals surface area contributed by atoms with Crippen LogP contribution in [0, 0.1) is 18.3 Å². The molecule has 0 fully saturated rings. The van der Waals surface area contributed by atoms with Crippen LogP contribution in [0.2, 0.25) is 0 Å². The Morgan fingerprint density at radius 2 is 1.97 bits per heavy atom. The molecule has 6 nitrogen and oxygen atoms in total. The minimum absolute atomic E-state index is 0.222. The number of nitrogens with one attached hydrogen (secondary N) is 3. The second kappa shape index (κ2) is 10.4. The van der Waals surface area contributed by atoms with Crippen LogP contribution >= 0.6 is 11.3 Å². The van der Waals surface area contributed by atoms with Gasteiger partial charge in [-0.25, -0.2) is 4.79 Å². The van der Waals surface area contributed by atoms with E-state index in [1.807, 2.05) is 66.9 Å². The van der Waals surface area contributed by atoms with Gasteiger partial charge in [-0.15, -0.1) is 11.3 Å². The molecule has 30 heavy (non-hydrogen) atoms. The van der Waals surface area contributed by atoms with Crippen molar-refractivity contribution in [1.29, 1.82) is 5.26 Å². The molecule has 0 aliphatic heterocycles. The van der Waals surface area contributed by atoms with E-state index in [-0.39, 0.29) is 18.9 Å². The molecule has 2 aromatic carbocycles. The maximum Gasteiger partial charge on any atom is 0.315 e.